The van der Waals surface area contributed by atoms with E-state index in [1.807, 2.05) is 6.92 Å². The van der Waals surface area contributed by atoms with Crippen molar-refractivity contribution in [3.05, 3.63) is 23.3 Å². The largest absolute Gasteiger partial charge is 0.493 e. The van der Waals surface area contributed by atoms with Crippen molar-refractivity contribution < 1.29 is 23.7 Å². The third-order valence-electron chi connectivity index (χ3n) is 3.12. The summed E-state index contributed by atoms with van der Waals surface area (Å²) >= 11 is 0. The number of carbonyl (C=O) groups is 1. The van der Waals surface area contributed by atoms with E-state index in [2.05, 4.69) is 0 Å². The lowest BCUT2D eigenvalue weighted by atomic mass is 10.1. The maximum atomic E-state index is 11.9. The van der Waals surface area contributed by atoms with Crippen LogP contribution in [0.1, 0.15) is 32.3 Å². The van der Waals surface area contributed by atoms with Crippen LogP contribution in [0.5, 0.6) is 17.2 Å². The zero-order chi connectivity index (χ0) is 16.5. The number of unbranched alkanes of at least 4 members (excludes halogenated alkanes) is 1. The third-order valence-corrected chi connectivity index (χ3v) is 3.12. The molecule has 1 rings (SSSR count). The second kappa shape index (κ2) is 8.97. The quantitative estimate of drug-likeness (QED) is 0.418. The first-order valence-corrected chi connectivity index (χ1v) is 7.22. The van der Waals surface area contributed by atoms with Crippen molar-refractivity contribution in [1.29, 1.82) is 0 Å². The van der Waals surface area contributed by atoms with Gasteiger partial charge in [-0.3, -0.25) is 0 Å². The molecule has 0 aliphatic carbocycles. The molecule has 0 fully saturated rings. The fraction of sp³-hybridized carbons (Fsp3) is 0.471. The molecule has 0 radical (unpaired) electrons. The van der Waals surface area contributed by atoms with E-state index in [9.17, 15) is 4.79 Å². The first-order chi connectivity index (χ1) is 10.6. The van der Waals surface area contributed by atoms with Gasteiger partial charge in [0.2, 0.25) is 5.75 Å². The van der Waals surface area contributed by atoms with E-state index in [1.54, 1.807) is 46.5 Å². The van der Waals surface area contributed by atoms with Crippen molar-refractivity contribution in [2.75, 3.05) is 27.9 Å². The lowest BCUT2D eigenvalue weighted by molar-refractivity contribution is -0.138. The van der Waals surface area contributed by atoms with Crippen molar-refractivity contribution in [3.63, 3.8) is 0 Å². The van der Waals surface area contributed by atoms with E-state index in [4.69, 9.17) is 18.9 Å². The van der Waals surface area contributed by atoms with Gasteiger partial charge in [-0.15, -0.1) is 0 Å². The van der Waals surface area contributed by atoms with Gasteiger partial charge in [0.05, 0.1) is 27.9 Å². The Morgan fingerprint density at radius 1 is 1.09 bits per heavy atom. The average molecular weight is 308 g/mol. The highest BCUT2D eigenvalue weighted by atomic mass is 16.5. The molecule has 22 heavy (non-hydrogen) atoms. The molecule has 0 saturated carbocycles. The van der Waals surface area contributed by atoms with Crippen LogP contribution in [0, 0.1) is 0 Å². The van der Waals surface area contributed by atoms with Crippen molar-refractivity contribution in [3.8, 4) is 17.2 Å². The highest BCUT2D eigenvalue weighted by Crippen LogP contribution is 2.38. The smallest absolute Gasteiger partial charge is 0.333 e. The zero-order valence-corrected chi connectivity index (χ0v) is 13.9. The molecule has 1 aromatic rings. The summed E-state index contributed by atoms with van der Waals surface area (Å²) in [6.07, 6.45) is 3.59. The SMILES string of the molecule is CCCCOC(=O)/C(C)=C/c1cc(OC)c(OC)c(OC)c1. The van der Waals surface area contributed by atoms with Gasteiger partial charge in [-0.1, -0.05) is 13.3 Å². The molecule has 0 bridgehead atoms. The van der Waals surface area contributed by atoms with Crippen molar-refractivity contribution in [2.24, 2.45) is 0 Å². The van der Waals surface area contributed by atoms with E-state index in [-0.39, 0.29) is 5.97 Å². The number of ether oxygens (including phenoxy) is 4. The molecule has 0 saturated heterocycles. The van der Waals surface area contributed by atoms with E-state index in [0.29, 0.717) is 29.4 Å². The number of esters is 1. The Bertz CT molecular complexity index is 509. The Morgan fingerprint density at radius 2 is 1.68 bits per heavy atom. The topological polar surface area (TPSA) is 54.0 Å². The Labute approximate surface area is 131 Å². The predicted octanol–water partition coefficient (Wildman–Crippen LogP) is 3.46. The van der Waals surface area contributed by atoms with E-state index >= 15 is 0 Å². The van der Waals surface area contributed by atoms with Crippen LogP contribution < -0.4 is 14.2 Å². The molecule has 0 spiro atoms. The second-order valence-corrected chi connectivity index (χ2v) is 4.78. The summed E-state index contributed by atoms with van der Waals surface area (Å²) in [5.41, 5.74) is 1.30. The van der Waals surface area contributed by atoms with Gasteiger partial charge in [-0.25, -0.2) is 4.79 Å². The van der Waals surface area contributed by atoms with Crippen LogP contribution in [0.3, 0.4) is 0 Å². The number of rotatable bonds is 8. The molecule has 0 unspecified atom stereocenters. The van der Waals surface area contributed by atoms with E-state index in [0.717, 1.165) is 18.4 Å². The normalized spacial score (nSPS) is 11.0. The Hall–Kier alpha value is -2.17. The number of carbonyl (C=O) groups excluding carboxylic acids is 1. The minimum atomic E-state index is -0.317. The Kier molecular flexibility index (Phi) is 7.29. The molecular weight excluding hydrogens is 284 g/mol. The monoisotopic (exact) mass is 308 g/mol. The molecule has 5 nitrogen and oxygen atoms in total. The Balaban J connectivity index is 3.01. The maximum Gasteiger partial charge on any atom is 0.333 e. The van der Waals surface area contributed by atoms with Gasteiger partial charge in [0, 0.05) is 5.57 Å². The molecule has 0 aromatic heterocycles. The number of benzene rings is 1. The summed E-state index contributed by atoms with van der Waals surface area (Å²) in [6, 6.07) is 3.56. The summed E-state index contributed by atoms with van der Waals surface area (Å²) in [5, 5.41) is 0. The van der Waals surface area contributed by atoms with Crippen LogP contribution in [0.25, 0.3) is 6.08 Å². The first-order valence-electron chi connectivity index (χ1n) is 7.22. The number of hydrogen-bond acceptors (Lipinski definition) is 5. The molecule has 0 aliphatic heterocycles. The van der Waals surface area contributed by atoms with E-state index < -0.39 is 0 Å². The third kappa shape index (κ3) is 4.69. The molecule has 1 aromatic carbocycles. The van der Waals surface area contributed by atoms with Crippen LogP contribution >= 0.6 is 0 Å². The predicted molar refractivity (Wildman–Crippen MR) is 85.6 cm³/mol. The average Bonchev–Trinajstić information content (AvgIpc) is 2.53. The highest BCUT2D eigenvalue weighted by molar-refractivity contribution is 5.93. The number of methoxy groups -OCH3 is 3. The fourth-order valence-corrected chi connectivity index (χ4v) is 1.92. The number of hydrogen-bond donors (Lipinski definition) is 0. The molecule has 122 valence electrons. The summed E-state index contributed by atoms with van der Waals surface area (Å²) in [7, 11) is 4.65. The molecule has 5 heteroatoms. The van der Waals surface area contributed by atoms with E-state index in [1.165, 1.54) is 0 Å². The first kappa shape index (κ1) is 17.9. The van der Waals surface area contributed by atoms with Gasteiger partial charge in [-0.05, 0) is 37.1 Å². The van der Waals surface area contributed by atoms with Crippen molar-refractivity contribution in [2.45, 2.75) is 26.7 Å². The molecular formula is C17H24O5. The highest BCUT2D eigenvalue weighted by Gasteiger charge is 2.13. The van der Waals surface area contributed by atoms with Crippen molar-refractivity contribution in [1.82, 2.24) is 0 Å². The van der Waals surface area contributed by atoms with Gasteiger partial charge in [0.15, 0.2) is 11.5 Å². The van der Waals surface area contributed by atoms with Crippen LogP contribution in [-0.4, -0.2) is 33.9 Å². The maximum absolute atomic E-state index is 11.9. The van der Waals surface area contributed by atoms with Crippen LogP contribution in [0.4, 0.5) is 0 Å². The standard InChI is InChI=1S/C17H24O5/c1-6-7-8-22-17(18)12(2)9-13-10-14(19-3)16(21-5)15(11-13)20-4/h9-11H,6-8H2,1-5H3/b12-9+. The van der Waals surface area contributed by atoms with Crippen LogP contribution in [0.2, 0.25) is 0 Å². The summed E-state index contributed by atoms with van der Waals surface area (Å²) in [4.78, 5) is 11.9. The molecule has 0 N–H and O–H groups in total. The van der Waals surface area contributed by atoms with Crippen LogP contribution in [-0.2, 0) is 9.53 Å². The lowest BCUT2D eigenvalue weighted by Gasteiger charge is -2.13. The minimum absolute atomic E-state index is 0.317. The molecule has 0 heterocycles. The summed E-state index contributed by atoms with van der Waals surface area (Å²) < 4.78 is 21.0. The Morgan fingerprint density at radius 3 is 2.14 bits per heavy atom. The summed E-state index contributed by atoms with van der Waals surface area (Å²) in [6.45, 7) is 4.21. The van der Waals surface area contributed by atoms with Gasteiger partial charge in [-0.2, -0.15) is 0 Å². The van der Waals surface area contributed by atoms with Gasteiger partial charge < -0.3 is 18.9 Å². The zero-order valence-electron chi connectivity index (χ0n) is 13.9. The van der Waals surface area contributed by atoms with Crippen LogP contribution in [0.15, 0.2) is 17.7 Å². The molecule has 0 amide bonds. The lowest BCUT2D eigenvalue weighted by Crippen LogP contribution is -2.06. The molecule has 0 aliphatic rings. The van der Waals surface area contributed by atoms with Gasteiger partial charge in [0.25, 0.3) is 0 Å². The summed E-state index contributed by atoms with van der Waals surface area (Å²) in [5.74, 6) is 1.29. The molecule has 0 atom stereocenters. The second-order valence-electron chi connectivity index (χ2n) is 4.78. The van der Waals surface area contributed by atoms with Gasteiger partial charge in [0.1, 0.15) is 0 Å². The minimum Gasteiger partial charge on any atom is -0.493 e. The van der Waals surface area contributed by atoms with Crippen molar-refractivity contribution >= 4 is 12.0 Å². The van der Waals surface area contributed by atoms with Gasteiger partial charge >= 0.3 is 5.97 Å². The fourth-order valence-electron chi connectivity index (χ4n) is 1.92.